The van der Waals surface area contributed by atoms with Gasteiger partial charge in [0, 0.05) is 18.0 Å². The van der Waals surface area contributed by atoms with Gasteiger partial charge in [-0.15, -0.1) is 0 Å². The zero-order valence-electron chi connectivity index (χ0n) is 17.5. The topological polar surface area (TPSA) is 81.0 Å². The van der Waals surface area contributed by atoms with Crippen molar-refractivity contribution in [2.24, 2.45) is 17.8 Å². The molecule has 2 heterocycles. The Morgan fingerprint density at radius 3 is 2.75 bits per heavy atom. The molecule has 1 saturated carbocycles. The number of unbranched alkanes of at least 4 members (excludes halogenated alkanes) is 2. The summed E-state index contributed by atoms with van der Waals surface area (Å²) in [7, 11) is 0. The van der Waals surface area contributed by atoms with Crippen LogP contribution in [0.4, 0.5) is 0 Å². The van der Waals surface area contributed by atoms with Crippen molar-refractivity contribution in [1.29, 1.82) is 0 Å². The van der Waals surface area contributed by atoms with E-state index in [1.807, 2.05) is 12.2 Å². The molecule has 3 rings (SSSR count). The molecule has 0 spiro atoms. The van der Waals surface area contributed by atoms with Gasteiger partial charge in [0.1, 0.15) is 6.04 Å². The van der Waals surface area contributed by atoms with Crippen molar-refractivity contribution in [3.63, 3.8) is 0 Å². The van der Waals surface area contributed by atoms with Crippen LogP contribution in [-0.2, 0) is 4.79 Å². The maximum Gasteiger partial charge on any atom is 0.320 e. The molecule has 0 aromatic rings. The monoisotopic (exact) mass is 393 g/mol. The molecule has 0 aromatic heterocycles. The van der Waals surface area contributed by atoms with E-state index in [4.69, 9.17) is 0 Å². The highest BCUT2D eigenvalue weighted by Crippen LogP contribution is 2.49. The summed E-state index contributed by atoms with van der Waals surface area (Å²) in [5.74, 6) is 0.135. The number of carboxylic acids is 1. The van der Waals surface area contributed by atoms with E-state index in [9.17, 15) is 20.1 Å². The molecule has 3 unspecified atom stereocenters. The summed E-state index contributed by atoms with van der Waals surface area (Å²) >= 11 is 0. The van der Waals surface area contributed by atoms with Crippen LogP contribution in [0.1, 0.15) is 78.1 Å². The van der Waals surface area contributed by atoms with Gasteiger partial charge < -0.3 is 15.3 Å². The first-order valence-corrected chi connectivity index (χ1v) is 11.5. The van der Waals surface area contributed by atoms with Crippen LogP contribution in [0.3, 0.4) is 0 Å². The zero-order chi connectivity index (χ0) is 20.3. The van der Waals surface area contributed by atoms with E-state index in [-0.39, 0.29) is 12.0 Å². The molecule has 160 valence electrons. The number of nitrogens with zero attached hydrogens (tertiary/aromatic N) is 1. The van der Waals surface area contributed by atoms with Gasteiger partial charge in [0.2, 0.25) is 0 Å². The lowest BCUT2D eigenvalue weighted by Gasteiger charge is -2.38. The quantitative estimate of drug-likeness (QED) is 0.412. The highest BCUT2D eigenvalue weighted by atomic mass is 16.4. The van der Waals surface area contributed by atoms with Crippen LogP contribution in [0.25, 0.3) is 0 Å². The summed E-state index contributed by atoms with van der Waals surface area (Å²) in [6.45, 7) is 4.41. The van der Waals surface area contributed by atoms with Gasteiger partial charge in [0.25, 0.3) is 0 Å². The molecular weight excluding hydrogens is 354 g/mol. The number of aliphatic hydroxyl groups excluding tert-OH is 2. The minimum atomic E-state index is -0.716. The van der Waals surface area contributed by atoms with Crippen molar-refractivity contribution >= 4 is 5.97 Å². The van der Waals surface area contributed by atoms with Crippen molar-refractivity contribution in [3.05, 3.63) is 12.2 Å². The van der Waals surface area contributed by atoms with Gasteiger partial charge in [0.15, 0.2) is 0 Å². The predicted octanol–water partition coefficient (Wildman–Crippen LogP) is 3.59. The molecule has 0 amide bonds. The smallest absolute Gasteiger partial charge is 0.320 e. The van der Waals surface area contributed by atoms with Gasteiger partial charge in [0.05, 0.1) is 12.2 Å². The Labute approximate surface area is 169 Å². The average Bonchev–Trinajstić information content (AvgIpc) is 3.14. The Morgan fingerprint density at radius 2 is 2.04 bits per heavy atom. The van der Waals surface area contributed by atoms with Crippen LogP contribution < -0.4 is 0 Å². The van der Waals surface area contributed by atoms with E-state index in [1.54, 1.807) is 0 Å². The third-order valence-corrected chi connectivity index (χ3v) is 7.42. The molecule has 1 aliphatic carbocycles. The third kappa shape index (κ3) is 4.80. The van der Waals surface area contributed by atoms with E-state index < -0.39 is 24.2 Å². The second-order valence-electron chi connectivity index (χ2n) is 9.52. The van der Waals surface area contributed by atoms with Crippen LogP contribution in [0.5, 0.6) is 0 Å². The molecule has 0 bridgehead atoms. The molecule has 0 aromatic carbocycles. The van der Waals surface area contributed by atoms with E-state index in [2.05, 4.69) is 18.7 Å². The molecule has 0 radical (unpaired) electrons. The molecule has 8 atom stereocenters. The second-order valence-corrected chi connectivity index (χ2v) is 9.52. The summed E-state index contributed by atoms with van der Waals surface area (Å²) in [6, 6.07) is 0.121. The number of hydrogen-bond donors (Lipinski definition) is 3. The van der Waals surface area contributed by atoms with E-state index in [1.165, 1.54) is 19.3 Å². The number of fused-ring (bicyclic) bond motifs is 3. The SMILES string of the molecule is CCCCCC(C)C[C@@H](O)/C=C/[C@@H]1[C@H]2CC3CCCC(C(=O)O)N3[C@@H]2C[C@H]1O. The van der Waals surface area contributed by atoms with Crippen molar-refractivity contribution in [1.82, 2.24) is 4.90 Å². The van der Waals surface area contributed by atoms with Crippen LogP contribution in [0.2, 0.25) is 0 Å². The fraction of sp³-hybridized carbons (Fsp3) is 0.870. The lowest BCUT2D eigenvalue weighted by atomic mass is 9.88. The summed E-state index contributed by atoms with van der Waals surface area (Å²) in [5, 5.41) is 30.7. The first kappa shape index (κ1) is 21.8. The number of aliphatic carboxylic acids is 1. The predicted molar refractivity (Wildman–Crippen MR) is 110 cm³/mol. The number of hydrogen-bond acceptors (Lipinski definition) is 4. The minimum Gasteiger partial charge on any atom is -0.480 e. The summed E-state index contributed by atoms with van der Waals surface area (Å²) in [4.78, 5) is 13.9. The minimum absolute atomic E-state index is 0.0371. The maximum absolute atomic E-state index is 11.7. The summed E-state index contributed by atoms with van der Waals surface area (Å²) in [6.07, 6.45) is 13.1. The van der Waals surface area contributed by atoms with Crippen molar-refractivity contribution < 1.29 is 20.1 Å². The maximum atomic E-state index is 11.7. The average molecular weight is 394 g/mol. The van der Waals surface area contributed by atoms with Crippen LogP contribution in [0, 0.1) is 17.8 Å². The molecular formula is C23H39NO4. The Kier molecular flexibility index (Phi) is 7.57. The number of piperidine rings is 1. The van der Waals surface area contributed by atoms with Crippen LogP contribution in [0.15, 0.2) is 12.2 Å². The van der Waals surface area contributed by atoms with E-state index in [0.29, 0.717) is 24.3 Å². The largest absolute Gasteiger partial charge is 0.480 e. The molecule has 3 N–H and O–H groups in total. The van der Waals surface area contributed by atoms with Crippen molar-refractivity contribution in [3.8, 4) is 0 Å². The lowest BCUT2D eigenvalue weighted by molar-refractivity contribution is -0.146. The second kappa shape index (κ2) is 9.73. The molecule has 3 aliphatic rings. The number of carbonyl (C=O) groups is 1. The van der Waals surface area contributed by atoms with Crippen LogP contribution in [-0.4, -0.2) is 56.5 Å². The molecule has 5 heteroatoms. The third-order valence-electron chi connectivity index (χ3n) is 7.42. The van der Waals surface area contributed by atoms with Gasteiger partial charge in [-0.3, -0.25) is 9.69 Å². The van der Waals surface area contributed by atoms with Crippen molar-refractivity contribution in [2.45, 2.75) is 108 Å². The normalized spacial score (nSPS) is 37.7. The fourth-order valence-corrected chi connectivity index (χ4v) is 6.06. The van der Waals surface area contributed by atoms with Gasteiger partial charge >= 0.3 is 5.97 Å². The molecule has 28 heavy (non-hydrogen) atoms. The van der Waals surface area contributed by atoms with Crippen molar-refractivity contribution in [2.75, 3.05) is 0 Å². The van der Waals surface area contributed by atoms with E-state index in [0.717, 1.165) is 38.5 Å². The Morgan fingerprint density at radius 1 is 1.25 bits per heavy atom. The fourth-order valence-electron chi connectivity index (χ4n) is 6.06. The van der Waals surface area contributed by atoms with Gasteiger partial charge in [-0.05, 0) is 50.4 Å². The number of carboxylic acid groups (broad SMARTS) is 1. The zero-order valence-corrected chi connectivity index (χ0v) is 17.5. The lowest BCUT2D eigenvalue weighted by Crippen LogP contribution is -2.51. The van der Waals surface area contributed by atoms with E-state index >= 15 is 0 Å². The molecule has 5 nitrogen and oxygen atoms in total. The highest BCUT2D eigenvalue weighted by molar-refractivity contribution is 5.73. The van der Waals surface area contributed by atoms with Crippen LogP contribution >= 0.6 is 0 Å². The molecule has 2 aliphatic heterocycles. The molecule has 2 saturated heterocycles. The number of aliphatic hydroxyl groups is 2. The number of rotatable bonds is 9. The Balaban J connectivity index is 1.58. The Hall–Kier alpha value is -0.910. The van der Waals surface area contributed by atoms with Gasteiger partial charge in [-0.2, -0.15) is 0 Å². The Bertz CT molecular complexity index is 551. The highest BCUT2D eigenvalue weighted by Gasteiger charge is 2.54. The first-order valence-electron chi connectivity index (χ1n) is 11.5. The van der Waals surface area contributed by atoms with Gasteiger partial charge in [-0.25, -0.2) is 0 Å². The van der Waals surface area contributed by atoms with Gasteiger partial charge in [-0.1, -0.05) is 51.7 Å². The standard InChI is InChI=1S/C23H39NO4/c1-3-4-5-7-15(2)12-17(25)10-11-18-19-13-16-8-6-9-20(23(27)28)24(16)21(19)14-22(18)26/h10-11,15-22,25-26H,3-9,12-14H2,1-2H3,(H,27,28)/b11-10+/t15?,16?,17-,18+,19+,20?,21+,22+/m0/s1. The summed E-state index contributed by atoms with van der Waals surface area (Å²) in [5.41, 5.74) is 0. The molecule has 3 fully saturated rings. The first-order chi connectivity index (χ1) is 13.4. The summed E-state index contributed by atoms with van der Waals surface area (Å²) < 4.78 is 0.